The predicted molar refractivity (Wildman–Crippen MR) is 87.6 cm³/mol. The maximum atomic E-state index is 8.55. The highest BCUT2D eigenvalue weighted by Gasteiger charge is 2.12. The first-order valence-corrected chi connectivity index (χ1v) is 8.06. The number of nitriles is 1. The number of hydrogen-bond donors (Lipinski definition) is 1. The number of ether oxygens (including phenoxy) is 2. The minimum Gasteiger partial charge on any atom is -0.490 e. The van der Waals surface area contributed by atoms with Crippen molar-refractivity contribution in [3.8, 4) is 17.6 Å². The summed E-state index contributed by atoms with van der Waals surface area (Å²) in [6.45, 7) is 8.06. The minimum atomic E-state index is 0.432. The first-order chi connectivity index (χ1) is 10.1. The molecule has 0 spiro atoms. The summed E-state index contributed by atoms with van der Waals surface area (Å²) in [5.41, 5.74) is 1.14. The zero-order valence-corrected chi connectivity index (χ0v) is 14.5. The Morgan fingerprint density at radius 2 is 2.10 bits per heavy atom. The van der Waals surface area contributed by atoms with Gasteiger partial charge in [-0.05, 0) is 47.0 Å². The van der Waals surface area contributed by atoms with E-state index in [1.807, 2.05) is 19.1 Å². The van der Waals surface area contributed by atoms with E-state index in [1.54, 1.807) is 0 Å². The van der Waals surface area contributed by atoms with Crippen LogP contribution in [-0.2, 0) is 6.54 Å². The number of nitrogens with one attached hydrogen (secondary N) is 1. The summed E-state index contributed by atoms with van der Waals surface area (Å²) in [6.07, 6.45) is 1.21. The first-order valence-electron chi connectivity index (χ1n) is 7.26. The Balaban J connectivity index is 2.83. The molecule has 1 aromatic carbocycles. The van der Waals surface area contributed by atoms with Gasteiger partial charge in [-0.2, -0.15) is 5.26 Å². The van der Waals surface area contributed by atoms with Crippen LogP contribution in [0.3, 0.4) is 0 Å². The van der Waals surface area contributed by atoms with Gasteiger partial charge in [0.05, 0.1) is 23.8 Å². The second kappa shape index (κ2) is 9.64. The van der Waals surface area contributed by atoms with E-state index in [0.717, 1.165) is 22.3 Å². The zero-order chi connectivity index (χ0) is 15.7. The van der Waals surface area contributed by atoms with Crippen molar-refractivity contribution in [3.63, 3.8) is 0 Å². The van der Waals surface area contributed by atoms with Gasteiger partial charge in [0.15, 0.2) is 11.5 Å². The monoisotopic (exact) mass is 354 g/mol. The summed E-state index contributed by atoms with van der Waals surface area (Å²) in [4.78, 5) is 0. The number of rotatable bonds is 9. The lowest BCUT2D eigenvalue weighted by Crippen LogP contribution is -2.21. The van der Waals surface area contributed by atoms with Gasteiger partial charge in [0.2, 0.25) is 0 Å². The predicted octanol–water partition coefficient (Wildman–Crippen LogP) is 4.03. The fourth-order valence-electron chi connectivity index (χ4n) is 1.77. The molecule has 0 bridgehead atoms. The maximum absolute atomic E-state index is 8.55. The topological polar surface area (TPSA) is 54.3 Å². The van der Waals surface area contributed by atoms with E-state index in [0.29, 0.717) is 37.8 Å². The molecule has 0 saturated carbocycles. The average Bonchev–Trinajstić information content (AvgIpc) is 2.43. The molecule has 0 radical (unpaired) electrons. The van der Waals surface area contributed by atoms with Crippen LogP contribution in [0, 0.1) is 11.3 Å². The Morgan fingerprint density at radius 1 is 1.33 bits per heavy atom. The molecular weight excluding hydrogens is 332 g/mol. The highest BCUT2D eigenvalue weighted by molar-refractivity contribution is 9.10. The van der Waals surface area contributed by atoms with Gasteiger partial charge in [-0.15, -0.1) is 0 Å². The maximum Gasteiger partial charge on any atom is 0.175 e. The third kappa shape index (κ3) is 6.36. The van der Waals surface area contributed by atoms with E-state index in [2.05, 4.69) is 41.2 Å². The van der Waals surface area contributed by atoms with Crippen molar-refractivity contribution in [2.45, 2.75) is 46.2 Å². The zero-order valence-electron chi connectivity index (χ0n) is 12.9. The largest absolute Gasteiger partial charge is 0.490 e. The van der Waals surface area contributed by atoms with Crippen LogP contribution in [0.5, 0.6) is 11.5 Å². The molecule has 4 nitrogen and oxygen atoms in total. The van der Waals surface area contributed by atoms with Crippen LogP contribution >= 0.6 is 15.9 Å². The van der Waals surface area contributed by atoms with Crippen LogP contribution in [0.2, 0.25) is 0 Å². The summed E-state index contributed by atoms with van der Waals surface area (Å²) in [5.74, 6) is 1.45. The Morgan fingerprint density at radius 3 is 2.71 bits per heavy atom. The molecule has 0 aromatic heterocycles. The summed E-state index contributed by atoms with van der Waals surface area (Å²) in [7, 11) is 0. The molecule has 0 aliphatic carbocycles. The molecule has 21 heavy (non-hydrogen) atoms. The van der Waals surface area contributed by atoms with E-state index >= 15 is 0 Å². The lowest BCUT2D eigenvalue weighted by Gasteiger charge is -2.16. The molecule has 0 atom stereocenters. The van der Waals surface area contributed by atoms with Crippen molar-refractivity contribution >= 4 is 15.9 Å². The lowest BCUT2D eigenvalue weighted by molar-refractivity contribution is 0.272. The van der Waals surface area contributed by atoms with Gasteiger partial charge in [0, 0.05) is 19.0 Å². The highest BCUT2D eigenvalue weighted by atomic mass is 79.9. The number of halogens is 1. The number of nitrogens with zero attached hydrogens (tertiary/aromatic N) is 1. The normalized spacial score (nSPS) is 10.5. The molecule has 1 N–H and O–H groups in total. The standard InChI is InChI=1S/C16H23BrN2O2/c1-4-20-15-10-13(11-19-12(2)3)9-14(17)16(15)21-8-6-5-7-18/h9-10,12,19H,4-6,8,11H2,1-3H3. The van der Waals surface area contributed by atoms with Crippen LogP contribution in [0.25, 0.3) is 0 Å². The van der Waals surface area contributed by atoms with Gasteiger partial charge < -0.3 is 14.8 Å². The van der Waals surface area contributed by atoms with Crippen molar-refractivity contribution in [1.29, 1.82) is 5.26 Å². The third-order valence-corrected chi connectivity index (χ3v) is 3.35. The highest BCUT2D eigenvalue weighted by Crippen LogP contribution is 2.37. The van der Waals surface area contributed by atoms with Gasteiger partial charge in [-0.1, -0.05) is 13.8 Å². The molecule has 0 saturated heterocycles. The smallest absolute Gasteiger partial charge is 0.175 e. The Hall–Kier alpha value is -1.25. The molecule has 0 aliphatic rings. The Kier molecular flexibility index (Phi) is 8.17. The summed E-state index contributed by atoms with van der Waals surface area (Å²) >= 11 is 3.55. The van der Waals surface area contributed by atoms with Crippen LogP contribution in [-0.4, -0.2) is 19.3 Å². The van der Waals surface area contributed by atoms with Gasteiger partial charge in [-0.25, -0.2) is 0 Å². The van der Waals surface area contributed by atoms with E-state index in [4.69, 9.17) is 14.7 Å². The molecule has 0 fully saturated rings. The molecule has 5 heteroatoms. The van der Waals surface area contributed by atoms with Crippen molar-refractivity contribution in [3.05, 3.63) is 22.2 Å². The van der Waals surface area contributed by atoms with Crippen molar-refractivity contribution < 1.29 is 9.47 Å². The molecule has 1 rings (SSSR count). The fraction of sp³-hybridized carbons (Fsp3) is 0.562. The third-order valence-electron chi connectivity index (χ3n) is 2.76. The van der Waals surface area contributed by atoms with E-state index in [9.17, 15) is 0 Å². The number of benzene rings is 1. The van der Waals surface area contributed by atoms with Crippen LogP contribution in [0.15, 0.2) is 16.6 Å². The molecule has 0 heterocycles. The molecule has 0 amide bonds. The lowest BCUT2D eigenvalue weighted by atomic mass is 10.2. The fourth-order valence-corrected chi connectivity index (χ4v) is 2.38. The van der Waals surface area contributed by atoms with Crippen LogP contribution in [0.1, 0.15) is 39.2 Å². The van der Waals surface area contributed by atoms with Crippen LogP contribution in [0.4, 0.5) is 0 Å². The molecular formula is C16H23BrN2O2. The Labute approximate surface area is 135 Å². The molecule has 1 aromatic rings. The van der Waals surface area contributed by atoms with Gasteiger partial charge in [0.1, 0.15) is 0 Å². The summed E-state index contributed by atoms with van der Waals surface area (Å²) in [5, 5.41) is 11.9. The van der Waals surface area contributed by atoms with E-state index in [1.165, 1.54) is 0 Å². The minimum absolute atomic E-state index is 0.432. The summed E-state index contributed by atoms with van der Waals surface area (Å²) < 4.78 is 12.3. The van der Waals surface area contributed by atoms with E-state index < -0.39 is 0 Å². The van der Waals surface area contributed by atoms with Crippen molar-refractivity contribution in [1.82, 2.24) is 5.32 Å². The molecule has 116 valence electrons. The van der Waals surface area contributed by atoms with Crippen molar-refractivity contribution in [2.75, 3.05) is 13.2 Å². The van der Waals surface area contributed by atoms with Gasteiger partial charge in [0.25, 0.3) is 0 Å². The first kappa shape index (κ1) is 17.8. The SMILES string of the molecule is CCOc1cc(CNC(C)C)cc(Br)c1OCCCC#N. The average molecular weight is 355 g/mol. The van der Waals surface area contributed by atoms with Gasteiger partial charge >= 0.3 is 0 Å². The quantitative estimate of drug-likeness (QED) is 0.680. The Bertz CT molecular complexity index is 484. The van der Waals surface area contributed by atoms with Crippen LogP contribution < -0.4 is 14.8 Å². The molecule has 0 unspecified atom stereocenters. The van der Waals surface area contributed by atoms with Crippen molar-refractivity contribution in [2.24, 2.45) is 0 Å². The second-order valence-corrected chi connectivity index (χ2v) is 5.84. The second-order valence-electron chi connectivity index (χ2n) is 4.98. The van der Waals surface area contributed by atoms with Gasteiger partial charge in [-0.3, -0.25) is 0 Å². The number of hydrogen-bond acceptors (Lipinski definition) is 4. The molecule has 0 aliphatic heterocycles. The number of unbranched alkanes of at least 4 members (excludes halogenated alkanes) is 1. The summed E-state index contributed by atoms with van der Waals surface area (Å²) in [6, 6.07) is 6.59. The van der Waals surface area contributed by atoms with E-state index in [-0.39, 0.29) is 0 Å².